The molecule has 0 aromatic heterocycles. The van der Waals surface area contributed by atoms with E-state index in [0.717, 1.165) is 5.01 Å². The fourth-order valence-corrected chi connectivity index (χ4v) is 3.55. The number of carbonyl (C=O) groups excluding carboxylic acids is 2. The van der Waals surface area contributed by atoms with Crippen molar-refractivity contribution < 1.29 is 24.1 Å². The Morgan fingerprint density at radius 1 is 1.52 bits per heavy atom. The molecule has 0 aromatic rings. The van der Waals surface area contributed by atoms with Gasteiger partial charge in [0.25, 0.3) is 0 Å². The van der Waals surface area contributed by atoms with E-state index in [1.54, 1.807) is 0 Å². The number of carbonyl (C=O) groups is 3. The van der Waals surface area contributed by atoms with Crippen LogP contribution in [0, 0.1) is 0 Å². The van der Waals surface area contributed by atoms with Gasteiger partial charge in [-0.3, -0.25) is 25.1 Å². The van der Waals surface area contributed by atoms with Crippen LogP contribution in [0.1, 0.15) is 32.6 Å². The summed E-state index contributed by atoms with van der Waals surface area (Å²) >= 11 is 0. The Kier molecular flexibility index (Phi) is 7.01. The van der Waals surface area contributed by atoms with Crippen LogP contribution < -0.4 is 22.0 Å². The highest BCUT2D eigenvalue weighted by molar-refractivity contribution is 7.45. The molecule has 23 heavy (non-hydrogen) atoms. The van der Waals surface area contributed by atoms with Gasteiger partial charge in [-0.15, -0.1) is 0 Å². The Bertz CT molecular complexity index is 502. The fourth-order valence-electron chi connectivity index (χ4n) is 2.16. The standard InChI is InChI=1S/C12H22N5O5P/c1-2-5-15-10(20)8(7-9(18)19)16-23(22)12(13)4-3-6-17(14)11(12)21/h8H,2-7,13-14H2,1H3,(H2-,15,16,18,19,20,22)/p+1/t8?,12-/m0/s1. The number of nitrogens with zero attached hydrogens (tertiary/aromatic N) is 1. The maximum atomic E-state index is 12.5. The van der Waals surface area contributed by atoms with Gasteiger partial charge in [-0.05, 0) is 17.4 Å². The van der Waals surface area contributed by atoms with Gasteiger partial charge in [0.2, 0.25) is 5.91 Å². The van der Waals surface area contributed by atoms with E-state index in [9.17, 15) is 18.9 Å². The molecule has 10 nitrogen and oxygen atoms in total. The number of hydrogen-bond donors (Lipinski definition) is 5. The van der Waals surface area contributed by atoms with Crippen molar-refractivity contribution >= 4 is 25.7 Å². The lowest BCUT2D eigenvalue weighted by atomic mass is 10.1. The minimum atomic E-state index is -2.58. The van der Waals surface area contributed by atoms with Gasteiger partial charge in [-0.25, -0.2) is 5.84 Å². The van der Waals surface area contributed by atoms with Crippen molar-refractivity contribution in [3.63, 3.8) is 0 Å². The average molecular weight is 348 g/mol. The molecule has 0 aromatic carbocycles. The van der Waals surface area contributed by atoms with Crippen molar-refractivity contribution in [1.82, 2.24) is 15.4 Å². The number of hydrazine groups is 1. The Morgan fingerprint density at radius 2 is 2.17 bits per heavy atom. The number of carboxylic acid groups (broad SMARTS) is 1. The molecule has 1 aliphatic heterocycles. The lowest BCUT2D eigenvalue weighted by Gasteiger charge is -2.29. The quantitative estimate of drug-likeness (QED) is 0.208. The van der Waals surface area contributed by atoms with Gasteiger partial charge in [0.1, 0.15) is 6.04 Å². The van der Waals surface area contributed by atoms with Crippen molar-refractivity contribution in [1.29, 1.82) is 0 Å². The summed E-state index contributed by atoms with van der Waals surface area (Å²) < 4.78 is 12.5. The first-order valence-electron chi connectivity index (χ1n) is 7.31. The molecule has 0 saturated carbocycles. The summed E-state index contributed by atoms with van der Waals surface area (Å²) in [5.41, 5.74) is 5.92. The summed E-state index contributed by atoms with van der Waals surface area (Å²) in [7, 11) is -2.58. The summed E-state index contributed by atoms with van der Waals surface area (Å²) in [6.45, 7) is 2.50. The number of carboxylic acids is 1. The van der Waals surface area contributed by atoms with Crippen LogP contribution in [0.2, 0.25) is 0 Å². The largest absolute Gasteiger partial charge is 0.481 e. The van der Waals surface area contributed by atoms with Gasteiger partial charge in [0, 0.05) is 19.5 Å². The number of rotatable bonds is 8. The van der Waals surface area contributed by atoms with Crippen LogP contribution in [-0.2, 0) is 18.9 Å². The molecule has 1 heterocycles. The first-order valence-corrected chi connectivity index (χ1v) is 8.57. The SMILES string of the molecule is CCCNC(=O)C(CC(=O)O)N[P+](=O)[C@@]1(N)CCCN(N)C1=O. The third-order valence-corrected chi connectivity index (χ3v) is 5.15. The van der Waals surface area contributed by atoms with Crippen molar-refractivity contribution in [2.75, 3.05) is 13.1 Å². The zero-order chi connectivity index (χ0) is 17.6. The van der Waals surface area contributed by atoms with Crippen molar-refractivity contribution in [2.45, 2.75) is 43.9 Å². The molecule has 1 saturated heterocycles. The van der Waals surface area contributed by atoms with Crippen LogP contribution >= 0.6 is 7.95 Å². The molecule has 7 N–H and O–H groups in total. The molecular formula is C12H23N5O5P+. The zero-order valence-electron chi connectivity index (χ0n) is 12.9. The topological polar surface area (TPSA) is 168 Å². The van der Waals surface area contributed by atoms with E-state index in [0.29, 0.717) is 25.9 Å². The molecule has 0 radical (unpaired) electrons. The molecular weight excluding hydrogens is 325 g/mol. The van der Waals surface area contributed by atoms with Gasteiger partial charge in [-0.1, -0.05) is 12.0 Å². The van der Waals surface area contributed by atoms with E-state index in [2.05, 4.69) is 10.4 Å². The normalized spacial score (nSPS) is 23.3. The van der Waals surface area contributed by atoms with Crippen LogP contribution in [0.3, 0.4) is 0 Å². The molecule has 1 aliphatic rings. The highest BCUT2D eigenvalue weighted by Gasteiger charge is 2.57. The number of hydrogen-bond acceptors (Lipinski definition) is 6. The number of nitrogens with two attached hydrogens (primary N) is 2. The minimum absolute atomic E-state index is 0.137. The zero-order valence-corrected chi connectivity index (χ0v) is 13.8. The van der Waals surface area contributed by atoms with Crippen molar-refractivity contribution in [2.24, 2.45) is 11.6 Å². The number of aliphatic carboxylic acids is 1. The predicted molar refractivity (Wildman–Crippen MR) is 82.1 cm³/mol. The first kappa shape index (κ1) is 19.4. The Morgan fingerprint density at radius 3 is 2.74 bits per heavy atom. The molecule has 1 rings (SSSR count). The van der Waals surface area contributed by atoms with Crippen molar-refractivity contribution in [3.8, 4) is 0 Å². The minimum Gasteiger partial charge on any atom is -0.481 e. The maximum Gasteiger partial charge on any atom is 0.465 e. The predicted octanol–water partition coefficient (Wildman–Crippen LogP) is -1.16. The molecule has 2 amide bonds. The maximum absolute atomic E-state index is 12.5. The summed E-state index contributed by atoms with van der Waals surface area (Å²) in [5, 5.41) is 13.0. The van der Waals surface area contributed by atoms with Gasteiger partial charge < -0.3 is 10.4 Å². The van der Waals surface area contributed by atoms with Gasteiger partial charge in [-0.2, -0.15) is 0 Å². The number of nitrogens with one attached hydrogen (secondary N) is 2. The van der Waals surface area contributed by atoms with Crippen LogP contribution in [-0.4, -0.2) is 52.3 Å². The number of amides is 2. The highest BCUT2D eigenvalue weighted by atomic mass is 31.1. The Balaban J connectivity index is 2.85. The van der Waals surface area contributed by atoms with Gasteiger partial charge in [0.05, 0.1) is 6.42 Å². The van der Waals surface area contributed by atoms with Crippen molar-refractivity contribution in [3.05, 3.63) is 0 Å². The van der Waals surface area contributed by atoms with E-state index in [-0.39, 0.29) is 6.42 Å². The van der Waals surface area contributed by atoms with E-state index >= 15 is 0 Å². The molecule has 3 atom stereocenters. The third kappa shape index (κ3) is 4.93. The molecule has 0 aliphatic carbocycles. The summed E-state index contributed by atoms with van der Waals surface area (Å²) in [6.07, 6.45) is 0.692. The molecule has 0 spiro atoms. The molecule has 2 unspecified atom stereocenters. The van der Waals surface area contributed by atoms with E-state index in [1.807, 2.05) is 6.92 Å². The van der Waals surface area contributed by atoms with Crippen LogP contribution in [0.5, 0.6) is 0 Å². The smallest absolute Gasteiger partial charge is 0.465 e. The first-order chi connectivity index (χ1) is 10.7. The lowest BCUT2D eigenvalue weighted by molar-refractivity contribution is -0.139. The van der Waals surface area contributed by atoms with Crippen LogP contribution in [0.15, 0.2) is 0 Å². The van der Waals surface area contributed by atoms with E-state index < -0.39 is 43.5 Å². The lowest BCUT2D eigenvalue weighted by Crippen LogP contribution is -2.60. The summed E-state index contributed by atoms with van der Waals surface area (Å²) in [5.74, 6) is 2.97. The summed E-state index contributed by atoms with van der Waals surface area (Å²) in [4.78, 5) is 34.9. The van der Waals surface area contributed by atoms with Crippen LogP contribution in [0.25, 0.3) is 0 Å². The van der Waals surface area contributed by atoms with Gasteiger partial charge in [0.15, 0.2) is 0 Å². The highest BCUT2D eigenvalue weighted by Crippen LogP contribution is 2.39. The van der Waals surface area contributed by atoms with Crippen LogP contribution in [0.4, 0.5) is 0 Å². The molecule has 11 heteroatoms. The Labute approximate surface area is 134 Å². The second-order valence-electron chi connectivity index (χ2n) is 5.39. The number of piperidine rings is 1. The molecule has 130 valence electrons. The monoisotopic (exact) mass is 348 g/mol. The molecule has 0 bridgehead atoms. The fraction of sp³-hybridized carbons (Fsp3) is 0.750. The van der Waals surface area contributed by atoms with E-state index in [1.165, 1.54) is 0 Å². The molecule has 1 fully saturated rings. The average Bonchev–Trinajstić information content (AvgIpc) is 2.48. The second kappa shape index (κ2) is 8.30. The second-order valence-corrected chi connectivity index (χ2v) is 7.04. The Hall–Kier alpha value is -1.61. The summed E-state index contributed by atoms with van der Waals surface area (Å²) in [6, 6.07) is -1.25. The van der Waals surface area contributed by atoms with E-state index in [4.69, 9.17) is 16.7 Å². The van der Waals surface area contributed by atoms with Gasteiger partial charge >= 0.3 is 25.1 Å². The third-order valence-electron chi connectivity index (χ3n) is 3.47.